The molecule has 0 bridgehead atoms. The van der Waals surface area contributed by atoms with Gasteiger partial charge in [0, 0.05) is 12.8 Å². The molecule has 2 fully saturated rings. The van der Waals surface area contributed by atoms with Gasteiger partial charge in [0.2, 0.25) is 0 Å². The van der Waals surface area contributed by atoms with Gasteiger partial charge >= 0.3 is 6.16 Å². The average Bonchev–Trinajstić information content (AvgIpc) is 2.84. The fourth-order valence-electron chi connectivity index (χ4n) is 2.14. The van der Waals surface area contributed by atoms with Crippen molar-refractivity contribution in [3.63, 3.8) is 0 Å². The summed E-state index contributed by atoms with van der Waals surface area (Å²) in [5.74, 6) is -0.561. The summed E-state index contributed by atoms with van der Waals surface area (Å²) in [6, 6.07) is 0. The van der Waals surface area contributed by atoms with Crippen LogP contribution in [0.2, 0.25) is 0 Å². The lowest BCUT2D eigenvalue weighted by atomic mass is 9.82. The van der Waals surface area contributed by atoms with Crippen molar-refractivity contribution in [3.05, 3.63) is 0 Å². The molecular formula is C10H12O5. The minimum atomic E-state index is -1.43. The van der Waals surface area contributed by atoms with Crippen LogP contribution in [0, 0.1) is 11.8 Å². The van der Waals surface area contributed by atoms with Crippen LogP contribution in [0.1, 0.15) is 25.7 Å². The molecule has 0 aliphatic heterocycles. The number of hydrogen-bond donors (Lipinski definition) is 1. The molecule has 2 aliphatic rings. The van der Waals surface area contributed by atoms with E-state index in [2.05, 4.69) is 4.74 Å². The molecule has 0 spiro atoms. The monoisotopic (exact) mass is 212 g/mol. The second-order valence-corrected chi connectivity index (χ2v) is 4.16. The third-order valence-corrected chi connectivity index (χ3v) is 2.91. The quantitative estimate of drug-likeness (QED) is 0.545. The summed E-state index contributed by atoms with van der Waals surface area (Å²) >= 11 is 0. The summed E-state index contributed by atoms with van der Waals surface area (Å²) in [5, 5.41) is 8.38. The summed E-state index contributed by atoms with van der Waals surface area (Å²) in [5.41, 5.74) is 0. The van der Waals surface area contributed by atoms with E-state index < -0.39 is 18.2 Å². The van der Waals surface area contributed by atoms with Crippen LogP contribution in [0.5, 0.6) is 0 Å². The van der Waals surface area contributed by atoms with E-state index in [1.807, 2.05) is 0 Å². The van der Waals surface area contributed by atoms with E-state index in [0.717, 1.165) is 12.8 Å². The van der Waals surface area contributed by atoms with Crippen LogP contribution in [-0.4, -0.2) is 28.9 Å². The molecule has 0 aromatic rings. The zero-order valence-corrected chi connectivity index (χ0v) is 8.14. The third-order valence-electron chi connectivity index (χ3n) is 2.91. The molecule has 0 atom stereocenters. The molecule has 0 heterocycles. The number of ketones is 2. The fraction of sp³-hybridized carbons (Fsp3) is 0.700. The minimum Gasteiger partial charge on any atom is -0.450 e. The van der Waals surface area contributed by atoms with Crippen LogP contribution in [0.4, 0.5) is 4.79 Å². The van der Waals surface area contributed by atoms with Crippen molar-refractivity contribution in [2.24, 2.45) is 11.8 Å². The molecule has 0 radical (unpaired) electrons. The molecule has 1 N–H and O–H groups in total. The number of ether oxygens (including phenoxy) is 1. The first kappa shape index (κ1) is 10.1. The first-order valence-corrected chi connectivity index (χ1v) is 5.03. The summed E-state index contributed by atoms with van der Waals surface area (Å²) in [7, 11) is 0. The molecule has 0 saturated heterocycles. The highest BCUT2D eigenvalue weighted by atomic mass is 16.7. The molecule has 15 heavy (non-hydrogen) atoms. The van der Waals surface area contributed by atoms with Gasteiger partial charge in [-0.2, -0.15) is 0 Å². The lowest BCUT2D eigenvalue weighted by Crippen LogP contribution is -2.39. The van der Waals surface area contributed by atoms with Crippen molar-refractivity contribution in [1.82, 2.24) is 0 Å². The Hall–Kier alpha value is -1.39. The predicted molar refractivity (Wildman–Crippen MR) is 48.4 cm³/mol. The van der Waals surface area contributed by atoms with Gasteiger partial charge in [-0.1, -0.05) is 0 Å². The van der Waals surface area contributed by atoms with Gasteiger partial charge in [0.1, 0.15) is 17.7 Å². The number of carboxylic acid groups (broad SMARTS) is 1. The topological polar surface area (TPSA) is 80.7 Å². The summed E-state index contributed by atoms with van der Waals surface area (Å²) in [4.78, 5) is 33.4. The maximum Gasteiger partial charge on any atom is 0.506 e. The van der Waals surface area contributed by atoms with E-state index in [9.17, 15) is 14.4 Å². The van der Waals surface area contributed by atoms with Gasteiger partial charge in [-0.05, 0) is 18.8 Å². The molecule has 2 rings (SSSR count). The van der Waals surface area contributed by atoms with Crippen LogP contribution >= 0.6 is 0 Å². The van der Waals surface area contributed by atoms with Crippen molar-refractivity contribution in [2.75, 3.05) is 0 Å². The van der Waals surface area contributed by atoms with Crippen LogP contribution in [0.25, 0.3) is 0 Å². The first-order valence-electron chi connectivity index (χ1n) is 5.03. The standard InChI is InChI=1S/C10H12O5/c11-7-3-6(15-10(13)14)4-8(12)9(7)5-1-2-5/h5-6,9H,1-4H2,(H,13,14). The molecule has 0 amide bonds. The smallest absolute Gasteiger partial charge is 0.450 e. The largest absolute Gasteiger partial charge is 0.506 e. The Morgan fingerprint density at radius 2 is 1.73 bits per heavy atom. The molecule has 82 valence electrons. The number of rotatable bonds is 2. The Kier molecular flexibility index (Phi) is 2.46. The maximum absolute atomic E-state index is 11.6. The SMILES string of the molecule is O=C(O)OC1CC(=O)C(C2CC2)C(=O)C1. The summed E-state index contributed by atoms with van der Waals surface area (Å²) in [6.45, 7) is 0. The lowest BCUT2D eigenvalue weighted by Gasteiger charge is -2.25. The van der Waals surface area contributed by atoms with Gasteiger partial charge in [-0.3, -0.25) is 9.59 Å². The third kappa shape index (κ3) is 2.16. The molecule has 2 aliphatic carbocycles. The van der Waals surface area contributed by atoms with Gasteiger partial charge in [-0.25, -0.2) is 4.79 Å². The first-order chi connectivity index (χ1) is 7.08. The van der Waals surface area contributed by atoms with Crippen LogP contribution < -0.4 is 0 Å². The highest BCUT2D eigenvalue weighted by Gasteiger charge is 2.45. The van der Waals surface area contributed by atoms with Gasteiger partial charge in [-0.15, -0.1) is 0 Å². The number of carbonyl (C=O) groups excluding carboxylic acids is 2. The minimum absolute atomic E-state index is 0.0548. The highest BCUT2D eigenvalue weighted by molar-refractivity contribution is 6.05. The highest BCUT2D eigenvalue weighted by Crippen LogP contribution is 2.41. The zero-order chi connectivity index (χ0) is 11.0. The number of hydrogen-bond acceptors (Lipinski definition) is 4. The van der Waals surface area contributed by atoms with Crippen LogP contribution in [0.15, 0.2) is 0 Å². The van der Waals surface area contributed by atoms with Gasteiger partial charge in [0.15, 0.2) is 0 Å². The fourth-order valence-corrected chi connectivity index (χ4v) is 2.14. The number of carbonyl (C=O) groups is 3. The Balaban J connectivity index is 1.99. The molecule has 0 aromatic heterocycles. The van der Waals surface area contributed by atoms with Gasteiger partial charge in [0.25, 0.3) is 0 Å². The zero-order valence-electron chi connectivity index (χ0n) is 8.14. The van der Waals surface area contributed by atoms with Gasteiger partial charge in [0.05, 0.1) is 5.92 Å². The van der Waals surface area contributed by atoms with E-state index in [1.54, 1.807) is 0 Å². The van der Waals surface area contributed by atoms with Gasteiger partial charge < -0.3 is 9.84 Å². The van der Waals surface area contributed by atoms with Crippen molar-refractivity contribution in [1.29, 1.82) is 0 Å². The molecular weight excluding hydrogens is 200 g/mol. The van der Waals surface area contributed by atoms with Crippen LogP contribution in [-0.2, 0) is 14.3 Å². The Labute approximate surface area is 86.4 Å². The predicted octanol–water partition coefficient (Wildman–Crippen LogP) is 1.01. The van der Waals surface area contributed by atoms with Crippen molar-refractivity contribution < 1.29 is 24.2 Å². The summed E-state index contributed by atoms with van der Waals surface area (Å²) < 4.78 is 4.46. The normalized spacial score (nSPS) is 31.5. The Morgan fingerprint density at radius 1 is 1.20 bits per heavy atom. The molecule has 2 saturated carbocycles. The molecule has 5 nitrogen and oxygen atoms in total. The van der Waals surface area contributed by atoms with Crippen LogP contribution in [0.3, 0.4) is 0 Å². The maximum atomic E-state index is 11.6. The second kappa shape index (κ2) is 3.64. The molecule has 0 aromatic carbocycles. The van der Waals surface area contributed by atoms with Crippen molar-refractivity contribution in [2.45, 2.75) is 31.8 Å². The van der Waals surface area contributed by atoms with E-state index >= 15 is 0 Å². The average molecular weight is 212 g/mol. The van der Waals surface area contributed by atoms with E-state index in [1.165, 1.54) is 0 Å². The van der Waals surface area contributed by atoms with Crippen molar-refractivity contribution >= 4 is 17.7 Å². The molecule has 0 unspecified atom stereocenters. The second-order valence-electron chi connectivity index (χ2n) is 4.16. The molecule has 5 heteroatoms. The Bertz CT molecular complexity index is 300. The van der Waals surface area contributed by atoms with E-state index in [-0.39, 0.29) is 30.3 Å². The summed E-state index contributed by atoms with van der Waals surface area (Å²) in [6.07, 6.45) is -0.208. The lowest BCUT2D eigenvalue weighted by molar-refractivity contribution is -0.140. The Morgan fingerprint density at radius 3 is 2.13 bits per heavy atom. The number of Topliss-reactive ketones (excluding diaryl/α,β-unsaturated/α-hetero) is 2. The van der Waals surface area contributed by atoms with E-state index in [4.69, 9.17) is 5.11 Å². The van der Waals surface area contributed by atoms with E-state index in [0.29, 0.717) is 0 Å². The van der Waals surface area contributed by atoms with Crippen molar-refractivity contribution in [3.8, 4) is 0 Å².